The van der Waals surface area contributed by atoms with E-state index in [0.29, 0.717) is 23.6 Å². The normalized spacial score (nSPS) is 17.3. The van der Waals surface area contributed by atoms with Gasteiger partial charge >= 0.3 is 0 Å². The summed E-state index contributed by atoms with van der Waals surface area (Å²) in [4.78, 5) is 33.4. The molecule has 1 saturated carbocycles. The largest absolute Gasteiger partial charge is 0.346 e. The number of hydrogen-bond donors (Lipinski definition) is 1. The molecule has 0 radical (unpaired) electrons. The molecule has 1 amide bonds. The first-order valence-electron chi connectivity index (χ1n) is 10.4. The highest BCUT2D eigenvalue weighted by Gasteiger charge is 2.43. The number of Topliss-reactive ketones (excluding diaryl/α,β-unsaturated/α-hetero) is 1. The van der Waals surface area contributed by atoms with Crippen molar-refractivity contribution in [2.24, 2.45) is 5.92 Å². The monoisotopic (exact) mass is 461 g/mol. The minimum absolute atomic E-state index is 0.0307. The molecule has 2 aromatic heterocycles. The molecule has 0 bridgehead atoms. The van der Waals surface area contributed by atoms with Crippen LogP contribution in [0.4, 0.5) is 0 Å². The van der Waals surface area contributed by atoms with Gasteiger partial charge in [-0.15, -0.1) is 11.3 Å². The number of fused-ring (bicyclic) bond motifs is 1. The highest BCUT2D eigenvalue weighted by atomic mass is 35.5. The number of carbonyl (C=O) groups excluding carboxylic acids is 2. The fourth-order valence-electron chi connectivity index (χ4n) is 4.02. The third-order valence-electron chi connectivity index (χ3n) is 5.84. The third kappa shape index (κ3) is 4.42. The second-order valence-corrected chi connectivity index (χ2v) is 9.39. The van der Waals surface area contributed by atoms with Crippen LogP contribution in [0, 0.1) is 5.92 Å². The van der Waals surface area contributed by atoms with Crippen LogP contribution in [0.5, 0.6) is 0 Å². The number of hydrogen-bond acceptors (Lipinski definition) is 5. The van der Waals surface area contributed by atoms with Gasteiger partial charge < -0.3 is 5.32 Å². The highest BCUT2D eigenvalue weighted by molar-refractivity contribution is 7.09. The van der Waals surface area contributed by atoms with E-state index in [2.05, 4.69) is 15.3 Å². The van der Waals surface area contributed by atoms with Crippen molar-refractivity contribution in [1.82, 2.24) is 15.3 Å². The van der Waals surface area contributed by atoms with E-state index < -0.39 is 0 Å². The molecule has 0 aliphatic heterocycles. The van der Waals surface area contributed by atoms with Crippen molar-refractivity contribution in [3.8, 4) is 0 Å². The second kappa shape index (κ2) is 8.81. The van der Waals surface area contributed by atoms with E-state index in [0.717, 1.165) is 33.3 Å². The van der Waals surface area contributed by atoms with Gasteiger partial charge in [0.1, 0.15) is 10.8 Å². The van der Waals surface area contributed by atoms with Gasteiger partial charge in [0.2, 0.25) is 0 Å². The summed E-state index contributed by atoms with van der Waals surface area (Å²) >= 11 is 7.76. The lowest BCUT2D eigenvalue weighted by molar-refractivity contribution is -0.119. The molecule has 32 heavy (non-hydrogen) atoms. The van der Waals surface area contributed by atoms with E-state index in [-0.39, 0.29) is 23.5 Å². The molecule has 1 aliphatic carbocycles. The minimum atomic E-state index is -0.125. The number of benzene rings is 2. The van der Waals surface area contributed by atoms with E-state index in [4.69, 9.17) is 11.6 Å². The summed E-state index contributed by atoms with van der Waals surface area (Å²) < 4.78 is 0. The highest BCUT2D eigenvalue weighted by Crippen LogP contribution is 2.48. The minimum Gasteiger partial charge on any atom is -0.346 e. The average molecular weight is 462 g/mol. The number of rotatable bonds is 7. The standard InChI is InChI=1S/C25H20ClN3O2S/c26-22-13-27-12-18-2-1-15(9-20(18)22)10-23(30)21-11-19(21)16-3-5-17(6-4-16)25(31)29-14-24-28-7-8-32-24/h1-9,12-13,19,21H,10-11,14H2,(H,29,31)/t19-,21+/m0/s1. The van der Waals surface area contributed by atoms with Crippen molar-refractivity contribution < 1.29 is 9.59 Å². The van der Waals surface area contributed by atoms with Crippen LogP contribution >= 0.6 is 22.9 Å². The van der Waals surface area contributed by atoms with Crippen LogP contribution in [-0.2, 0) is 17.8 Å². The number of ketones is 1. The first-order chi connectivity index (χ1) is 15.6. The molecule has 2 aromatic carbocycles. The second-order valence-electron chi connectivity index (χ2n) is 8.00. The lowest BCUT2D eigenvalue weighted by Crippen LogP contribution is -2.22. The van der Waals surface area contributed by atoms with Gasteiger partial charge in [-0.2, -0.15) is 0 Å². The van der Waals surface area contributed by atoms with Gasteiger partial charge in [0.25, 0.3) is 5.91 Å². The topological polar surface area (TPSA) is 72.0 Å². The fraction of sp³-hybridized carbons (Fsp3) is 0.200. The van der Waals surface area contributed by atoms with Crippen LogP contribution in [-0.4, -0.2) is 21.7 Å². The molecule has 1 N–H and O–H groups in total. The molecule has 2 heterocycles. The summed E-state index contributed by atoms with van der Waals surface area (Å²) in [5.41, 5.74) is 2.68. The van der Waals surface area contributed by atoms with Gasteiger partial charge in [-0.05, 0) is 41.7 Å². The van der Waals surface area contributed by atoms with Crippen LogP contribution < -0.4 is 5.32 Å². The van der Waals surface area contributed by atoms with E-state index in [1.54, 1.807) is 18.6 Å². The number of aromatic nitrogens is 2. The molecular formula is C25H20ClN3O2S. The maximum atomic E-state index is 12.8. The predicted octanol–water partition coefficient (Wildman–Crippen LogP) is 5.19. The molecule has 5 nitrogen and oxygen atoms in total. The number of nitrogens with one attached hydrogen (secondary N) is 1. The average Bonchev–Trinajstić information content (AvgIpc) is 3.45. The number of amides is 1. The zero-order chi connectivity index (χ0) is 22.1. The van der Waals surface area contributed by atoms with Crippen LogP contribution in [0.1, 0.15) is 38.8 Å². The predicted molar refractivity (Wildman–Crippen MR) is 126 cm³/mol. The molecule has 1 fully saturated rings. The summed E-state index contributed by atoms with van der Waals surface area (Å²) in [6.07, 6.45) is 6.36. The van der Waals surface area contributed by atoms with E-state index >= 15 is 0 Å². The van der Waals surface area contributed by atoms with Gasteiger partial charge in [-0.1, -0.05) is 35.9 Å². The zero-order valence-electron chi connectivity index (χ0n) is 17.1. The molecule has 0 spiro atoms. The molecule has 0 saturated heterocycles. The molecule has 5 rings (SSSR count). The molecule has 0 unspecified atom stereocenters. The Hall–Kier alpha value is -3.09. The van der Waals surface area contributed by atoms with Gasteiger partial charge in [0.15, 0.2) is 0 Å². The molecule has 160 valence electrons. The number of nitrogens with zero attached hydrogens (tertiary/aromatic N) is 2. The Balaban J connectivity index is 1.19. The lowest BCUT2D eigenvalue weighted by Gasteiger charge is -2.06. The van der Waals surface area contributed by atoms with Crippen LogP contribution in [0.2, 0.25) is 5.02 Å². The van der Waals surface area contributed by atoms with E-state index in [1.165, 1.54) is 11.3 Å². The van der Waals surface area contributed by atoms with Crippen molar-refractivity contribution in [3.05, 3.63) is 93.2 Å². The van der Waals surface area contributed by atoms with Crippen LogP contribution in [0.25, 0.3) is 10.8 Å². The smallest absolute Gasteiger partial charge is 0.251 e. The van der Waals surface area contributed by atoms with Gasteiger partial charge in [0.05, 0.1) is 11.6 Å². The van der Waals surface area contributed by atoms with E-state index in [9.17, 15) is 9.59 Å². The molecular weight excluding hydrogens is 442 g/mol. The Morgan fingerprint density at radius 2 is 1.97 bits per heavy atom. The summed E-state index contributed by atoms with van der Waals surface area (Å²) in [6, 6.07) is 13.5. The molecule has 7 heteroatoms. The van der Waals surface area contributed by atoms with Crippen LogP contribution in [0.3, 0.4) is 0 Å². The van der Waals surface area contributed by atoms with Gasteiger partial charge in [-0.3, -0.25) is 14.6 Å². The zero-order valence-corrected chi connectivity index (χ0v) is 18.7. The number of pyridine rings is 1. The molecule has 2 atom stereocenters. The van der Waals surface area contributed by atoms with E-state index in [1.807, 2.05) is 47.8 Å². The van der Waals surface area contributed by atoms with Gasteiger partial charge in [-0.25, -0.2) is 4.98 Å². The lowest BCUT2D eigenvalue weighted by atomic mass is 10.00. The maximum absolute atomic E-state index is 12.8. The Kier molecular flexibility index (Phi) is 5.72. The Bertz CT molecular complexity index is 1290. The van der Waals surface area contributed by atoms with Crippen molar-refractivity contribution >= 4 is 45.4 Å². The van der Waals surface area contributed by atoms with Crippen molar-refractivity contribution in [2.75, 3.05) is 0 Å². The number of thiazole rings is 1. The van der Waals surface area contributed by atoms with Gasteiger partial charge in [0, 0.05) is 52.6 Å². The van der Waals surface area contributed by atoms with Crippen molar-refractivity contribution in [2.45, 2.75) is 25.3 Å². The maximum Gasteiger partial charge on any atom is 0.251 e. The van der Waals surface area contributed by atoms with Crippen LogP contribution in [0.15, 0.2) is 66.4 Å². The third-order valence-corrected chi connectivity index (χ3v) is 6.92. The Labute approximate surface area is 194 Å². The first-order valence-corrected chi connectivity index (χ1v) is 11.7. The Morgan fingerprint density at radius 3 is 2.75 bits per heavy atom. The number of carbonyl (C=O) groups is 2. The van der Waals surface area contributed by atoms with Crippen molar-refractivity contribution in [1.29, 1.82) is 0 Å². The summed E-state index contributed by atoms with van der Waals surface area (Å²) in [6.45, 7) is 0.425. The molecule has 1 aliphatic rings. The summed E-state index contributed by atoms with van der Waals surface area (Å²) in [5, 5.41) is 8.12. The summed E-state index contributed by atoms with van der Waals surface area (Å²) in [7, 11) is 0. The quantitative estimate of drug-likeness (QED) is 0.411. The SMILES string of the molecule is O=C(NCc1nccs1)c1ccc([C@@H]2C[C@H]2C(=O)Cc2ccc3cncc(Cl)c3c2)cc1. The summed E-state index contributed by atoms with van der Waals surface area (Å²) in [5.74, 6) is 0.372. The Morgan fingerprint density at radius 1 is 1.12 bits per heavy atom. The molecule has 4 aromatic rings. The fourth-order valence-corrected chi connectivity index (χ4v) is 4.79. The van der Waals surface area contributed by atoms with Crippen molar-refractivity contribution in [3.63, 3.8) is 0 Å². The first kappa shape index (κ1) is 20.8. The number of halogens is 1.